The molecule has 3 heterocycles. The van der Waals surface area contributed by atoms with Crippen LogP contribution < -0.4 is 0 Å². The van der Waals surface area contributed by atoms with Gasteiger partial charge in [-0.3, -0.25) is 9.79 Å². The zero-order valence-corrected chi connectivity index (χ0v) is 14.3. The lowest BCUT2D eigenvalue weighted by atomic mass is 10.1. The zero-order valence-electron chi connectivity index (χ0n) is 14.3. The van der Waals surface area contributed by atoms with Gasteiger partial charge in [0.2, 0.25) is 0 Å². The minimum Gasteiger partial charge on any atom is -0.327 e. The van der Waals surface area contributed by atoms with Crippen molar-refractivity contribution in [3.05, 3.63) is 47.0 Å². The first-order valence-corrected chi connectivity index (χ1v) is 8.24. The maximum Gasteiger partial charge on any atom is 0.257 e. The smallest absolute Gasteiger partial charge is 0.257 e. The summed E-state index contributed by atoms with van der Waals surface area (Å²) in [5, 5.41) is 8.41. The van der Waals surface area contributed by atoms with Gasteiger partial charge in [0.25, 0.3) is 5.91 Å². The Hall–Kier alpha value is -2.97. The van der Waals surface area contributed by atoms with Gasteiger partial charge < -0.3 is 9.47 Å². The van der Waals surface area contributed by atoms with Crippen molar-refractivity contribution < 1.29 is 13.6 Å². The van der Waals surface area contributed by atoms with E-state index < -0.39 is 23.6 Å². The summed E-state index contributed by atoms with van der Waals surface area (Å²) in [5.41, 5.74) is 0.591. The molecule has 1 amide bonds. The molecular weight excluding hydrogens is 342 g/mol. The fourth-order valence-corrected chi connectivity index (χ4v) is 3.27. The maximum absolute atomic E-state index is 14.0. The van der Waals surface area contributed by atoms with Crippen LogP contribution in [0.15, 0.2) is 28.2 Å². The van der Waals surface area contributed by atoms with E-state index in [4.69, 9.17) is 0 Å². The number of amidine groups is 1. The molecule has 4 rings (SSSR count). The van der Waals surface area contributed by atoms with E-state index in [1.165, 1.54) is 4.90 Å². The van der Waals surface area contributed by atoms with E-state index in [-0.39, 0.29) is 5.56 Å². The first kappa shape index (κ1) is 16.5. The monoisotopic (exact) mass is 358 g/mol. The van der Waals surface area contributed by atoms with Crippen LogP contribution in [0.5, 0.6) is 0 Å². The molecule has 1 atom stereocenters. The van der Waals surface area contributed by atoms with Crippen LogP contribution in [-0.4, -0.2) is 50.2 Å². The molecule has 2 aliphatic rings. The van der Waals surface area contributed by atoms with Crippen LogP contribution in [-0.2, 0) is 6.54 Å². The molecule has 2 aromatic rings. The first-order chi connectivity index (χ1) is 12.5. The number of carbonyl (C=O) groups is 1. The molecule has 0 saturated heterocycles. The van der Waals surface area contributed by atoms with E-state index in [1.807, 2.05) is 11.5 Å². The highest BCUT2D eigenvalue weighted by Crippen LogP contribution is 2.27. The topological polar surface area (TPSA) is 75.7 Å². The van der Waals surface area contributed by atoms with Crippen molar-refractivity contribution in [2.24, 2.45) is 9.98 Å². The van der Waals surface area contributed by atoms with Gasteiger partial charge >= 0.3 is 0 Å². The van der Waals surface area contributed by atoms with Crippen molar-refractivity contribution in [3.63, 3.8) is 0 Å². The summed E-state index contributed by atoms with van der Waals surface area (Å²) >= 11 is 0. The number of hydrogen-bond acceptors (Lipinski definition) is 5. The number of fused-ring (bicyclic) bond motifs is 1. The lowest BCUT2D eigenvalue weighted by molar-refractivity contribution is 0.0632. The third-order valence-electron chi connectivity index (χ3n) is 4.62. The number of nitrogens with zero attached hydrogens (tertiary/aromatic N) is 6. The van der Waals surface area contributed by atoms with Crippen LogP contribution in [0.2, 0.25) is 0 Å². The third-order valence-corrected chi connectivity index (χ3v) is 4.62. The van der Waals surface area contributed by atoms with Crippen molar-refractivity contribution in [3.8, 4) is 0 Å². The molecule has 7 nitrogen and oxygen atoms in total. The Bertz CT molecular complexity index is 964. The van der Waals surface area contributed by atoms with Crippen LogP contribution in [0.25, 0.3) is 0 Å². The number of rotatable bonds is 2. The molecule has 0 N–H and O–H groups in total. The zero-order chi connectivity index (χ0) is 18.4. The average Bonchev–Trinajstić information content (AvgIpc) is 3.21. The molecule has 1 aromatic heterocycles. The van der Waals surface area contributed by atoms with Gasteiger partial charge in [-0.1, -0.05) is 0 Å². The van der Waals surface area contributed by atoms with Crippen molar-refractivity contribution in [2.45, 2.75) is 26.4 Å². The van der Waals surface area contributed by atoms with Crippen LogP contribution in [0.1, 0.15) is 41.9 Å². The molecule has 0 bridgehead atoms. The molecule has 2 aliphatic heterocycles. The lowest BCUT2D eigenvalue weighted by Gasteiger charge is -2.33. The Kier molecular flexibility index (Phi) is 3.86. The molecule has 9 heteroatoms. The first-order valence-electron chi connectivity index (χ1n) is 8.24. The van der Waals surface area contributed by atoms with Crippen molar-refractivity contribution in [1.29, 1.82) is 0 Å². The van der Waals surface area contributed by atoms with Gasteiger partial charge in [0.05, 0.1) is 18.2 Å². The second kappa shape index (κ2) is 6.08. The number of benzene rings is 1. The van der Waals surface area contributed by atoms with E-state index in [0.717, 1.165) is 17.8 Å². The summed E-state index contributed by atoms with van der Waals surface area (Å²) in [6.07, 6.45) is 0. The number of aromatic nitrogens is 3. The minimum absolute atomic E-state index is 0.157. The predicted octanol–water partition coefficient (Wildman–Crippen LogP) is 1.99. The number of amides is 1. The van der Waals surface area contributed by atoms with Crippen LogP contribution in [0.3, 0.4) is 0 Å². The van der Waals surface area contributed by atoms with Crippen LogP contribution in [0.4, 0.5) is 8.78 Å². The fourth-order valence-electron chi connectivity index (χ4n) is 3.27. The Morgan fingerprint density at radius 2 is 2.04 bits per heavy atom. The minimum atomic E-state index is -0.872. The van der Waals surface area contributed by atoms with E-state index in [1.54, 1.807) is 6.92 Å². The summed E-state index contributed by atoms with van der Waals surface area (Å²) in [6.45, 7) is 4.92. The SMILES string of the molecule is CC1=NCC(c2nnc3n2CCN(C(=O)c2ccc(F)cc2F)[C@@H]3C)=N1. The van der Waals surface area contributed by atoms with Crippen LogP contribution >= 0.6 is 0 Å². The van der Waals surface area contributed by atoms with E-state index in [2.05, 4.69) is 20.2 Å². The molecule has 0 aliphatic carbocycles. The van der Waals surface area contributed by atoms with Gasteiger partial charge in [0, 0.05) is 19.2 Å². The Balaban J connectivity index is 1.63. The molecule has 0 fully saturated rings. The normalized spacial score (nSPS) is 19.2. The highest BCUT2D eigenvalue weighted by molar-refractivity contribution is 6.10. The lowest BCUT2D eigenvalue weighted by Crippen LogP contribution is -2.42. The second-order valence-corrected chi connectivity index (χ2v) is 6.25. The molecule has 1 aromatic carbocycles. The average molecular weight is 358 g/mol. The molecule has 134 valence electrons. The van der Waals surface area contributed by atoms with E-state index in [0.29, 0.717) is 43.2 Å². The highest BCUT2D eigenvalue weighted by Gasteiger charge is 2.33. The van der Waals surface area contributed by atoms with E-state index in [9.17, 15) is 13.6 Å². The number of aliphatic imine (C=N–C) groups is 2. The molecule has 0 spiro atoms. The second-order valence-electron chi connectivity index (χ2n) is 6.25. The Labute approximate surface area is 148 Å². The molecule has 0 radical (unpaired) electrons. The van der Waals surface area contributed by atoms with Gasteiger partial charge in [-0.05, 0) is 26.0 Å². The Morgan fingerprint density at radius 3 is 2.73 bits per heavy atom. The van der Waals surface area contributed by atoms with Gasteiger partial charge in [-0.2, -0.15) is 0 Å². The highest BCUT2D eigenvalue weighted by atomic mass is 19.1. The summed E-state index contributed by atoms with van der Waals surface area (Å²) < 4.78 is 29.0. The molecule has 0 saturated carbocycles. The number of hydrogen-bond donors (Lipinski definition) is 0. The Morgan fingerprint density at radius 1 is 1.23 bits per heavy atom. The third kappa shape index (κ3) is 2.59. The number of halogens is 2. The van der Waals surface area contributed by atoms with Crippen molar-refractivity contribution >= 4 is 17.5 Å². The van der Waals surface area contributed by atoms with Crippen molar-refractivity contribution in [2.75, 3.05) is 13.1 Å². The van der Waals surface area contributed by atoms with Gasteiger partial charge in [0.1, 0.15) is 23.2 Å². The van der Waals surface area contributed by atoms with E-state index >= 15 is 0 Å². The van der Waals surface area contributed by atoms with Crippen LogP contribution in [0, 0.1) is 11.6 Å². The summed E-state index contributed by atoms with van der Waals surface area (Å²) in [7, 11) is 0. The van der Waals surface area contributed by atoms with Crippen molar-refractivity contribution in [1.82, 2.24) is 19.7 Å². The summed E-state index contributed by atoms with van der Waals surface area (Å²) in [5.74, 6) is -0.136. The quantitative estimate of drug-likeness (QED) is 0.824. The molecule has 26 heavy (non-hydrogen) atoms. The fraction of sp³-hybridized carbons (Fsp3) is 0.353. The largest absolute Gasteiger partial charge is 0.327 e. The van der Waals surface area contributed by atoms with Gasteiger partial charge in [-0.15, -0.1) is 10.2 Å². The molecule has 0 unspecified atom stereocenters. The molecular formula is C17H16F2N6O. The van der Waals surface area contributed by atoms with Gasteiger partial charge in [-0.25, -0.2) is 13.8 Å². The summed E-state index contributed by atoms with van der Waals surface area (Å²) in [6, 6.07) is 2.55. The maximum atomic E-state index is 14.0. The predicted molar refractivity (Wildman–Crippen MR) is 90.3 cm³/mol. The van der Waals surface area contributed by atoms with Gasteiger partial charge in [0.15, 0.2) is 11.6 Å². The summed E-state index contributed by atoms with van der Waals surface area (Å²) in [4.78, 5) is 22.8. The standard InChI is InChI=1S/C17H16F2N6O/c1-9-15-22-23-16(14-8-20-10(2)21-14)25(15)6-5-24(9)17(26)12-4-3-11(18)7-13(12)19/h3-4,7,9H,5-6,8H2,1-2H3/t9-/m1/s1. The number of carbonyl (C=O) groups excluding carboxylic acids is 1.